The van der Waals surface area contributed by atoms with E-state index in [0.717, 1.165) is 12.1 Å². The number of hydrogen-bond donors (Lipinski definition) is 4. The number of benzene rings is 2. The maximum absolute atomic E-state index is 13.3. The standard InChI is InChI=1S/C25H24F3N7O2S/c26-25(27,28)17-11-16(22-21(12-17)34-23(29)35-22)2-1-15-13-31-24(32-14-15)33-18-3-5-19(6-4-18)38(36,37)20-7-9-30-10-8-20/h1-6,11-14,20,30H,7-10H2,(H3,29,34,35)(H,31,32,33)/b2-1+. The van der Waals surface area contributed by atoms with Crippen molar-refractivity contribution in [3.63, 3.8) is 0 Å². The number of rotatable bonds is 6. The summed E-state index contributed by atoms with van der Waals surface area (Å²) >= 11 is 0. The summed E-state index contributed by atoms with van der Waals surface area (Å²) < 4.78 is 65.6. The maximum Gasteiger partial charge on any atom is 0.416 e. The molecule has 1 saturated heterocycles. The number of halogens is 3. The van der Waals surface area contributed by atoms with Crippen LogP contribution in [-0.4, -0.2) is 46.7 Å². The van der Waals surface area contributed by atoms with Crippen molar-refractivity contribution in [2.24, 2.45) is 0 Å². The van der Waals surface area contributed by atoms with Crippen LogP contribution >= 0.6 is 0 Å². The molecule has 5 rings (SSSR count). The molecule has 5 N–H and O–H groups in total. The highest BCUT2D eigenvalue weighted by atomic mass is 32.2. The molecule has 0 unspecified atom stereocenters. The number of anilines is 3. The van der Waals surface area contributed by atoms with Gasteiger partial charge in [0.05, 0.1) is 26.7 Å². The van der Waals surface area contributed by atoms with Gasteiger partial charge in [0.2, 0.25) is 5.95 Å². The predicted octanol–water partition coefficient (Wildman–Crippen LogP) is 4.39. The van der Waals surface area contributed by atoms with E-state index < -0.39 is 21.6 Å². The minimum atomic E-state index is -4.53. The third-order valence-corrected chi connectivity index (χ3v) is 8.54. The molecule has 0 amide bonds. The Morgan fingerprint density at radius 1 is 1.03 bits per heavy atom. The molecule has 3 heterocycles. The zero-order valence-corrected chi connectivity index (χ0v) is 20.8. The third-order valence-electron chi connectivity index (χ3n) is 6.26. The molecule has 13 heteroatoms. The van der Waals surface area contributed by atoms with Crippen molar-refractivity contribution in [1.29, 1.82) is 0 Å². The van der Waals surface area contributed by atoms with Gasteiger partial charge in [0.15, 0.2) is 15.8 Å². The average Bonchev–Trinajstić information content (AvgIpc) is 3.29. The van der Waals surface area contributed by atoms with Gasteiger partial charge in [-0.3, -0.25) is 0 Å². The van der Waals surface area contributed by atoms with E-state index in [0.29, 0.717) is 42.7 Å². The number of alkyl halides is 3. The largest absolute Gasteiger partial charge is 0.416 e. The monoisotopic (exact) mass is 543 g/mol. The topological polar surface area (TPSA) is 139 Å². The van der Waals surface area contributed by atoms with Crippen LogP contribution in [0.25, 0.3) is 23.2 Å². The van der Waals surface area contributed by atoms with Crippen molar-refractivity contribution in [2.75, 3.05) is 24.1 Å². The molecular weight excluding hydrogens is 519 g/mol. The van der Waals surface area contributed by atoms with E-state index in [1.54, 1.807) is 30.3 Å². The van der Waals surface area contributed by atoms with Crippen molar-refractivity contribution >= 4 is 50.6 Å². The lowest BCUT2D eigenvalue weighted by Crippen LogP contribution is -2.35. The molecule has 38 heavy (non-hydrogen) atoms. The summed E-state index contributed by atoms with van der Waals surface area (Å²) in [5.74, 6) is 0.295. The number of hydrogen-bond acceptors (Lipinski definition) is 8. The molecule has 0 radical (unpaired) electrons. The number of sulfone groups is 1. The second kappa shape index (κ2) is 10.1. The zero-order chi connectivity index (χ0) is 26.9. The van der Waals surface area contributed by atoms with Gasteiger partial charge in [-0.1, -0.05) is 12.2 Å². The summed E-state index contributed by atoms with van der Waals surface area (Å²) in [5, 5.41) is 5.79. The van der Waals surface area contributed by atoms with E-state index in [1.165, 1.54) is 18.5 Å². The van der Waals surface area contributed by atoms with Gasteiger partial charge in [-0.15, -0.1) is 0 Å². The fraction of sp³-hybridized carbons (Fsp3) is 0.240. The van der Waals surface area contributed by atoms with E-state index in [1.807, 2.05) is 0 Å². The first-order valence-corrected chi connectivity index (χ1v) is 13.3. The molecule has 0 bridgehead atoms. The fourth-order valence-corrected chi connectivity index (χ4v) is 6.04. The quantitative estimate of drug-likeness (QED) is 0.281. The molecule has 2 aromatic heterocycles. The summed E-state index contributed by atoms with van der Waals surface area (Å²) in [7, 11) is -3.39. The Kier molecular flexibility index (Phi) is 6.80. The van der Waals surface area contributed by atoms with Gasteiger partial charge >= 0.3 is 6.18 Å². The number of nitrogens with zero attached hydrogens (tertiary/aromatic N) is 3. The first-order chi connectivity index (χ1) is 18.1. The molecule has 0 spiro atoms. The molecule has 9 nitrogen and oxygen atoms in total. The summed E-state index contributed by atoms with van der Waals surface area (Å²) in [6, 6.07) is 8.39. The molecule has 0 saturated carbocycles. The van der Waals surface area contributed by atoms with E-state index in [4.69, 9.17) is 5.73 Å². The van der Waals surface area contributed by atoms with Crippen LogP contribution < -0.4 is 16.4 Å². The van der Waals surface area contributed by atoms with E-state index in [2.05, 4.69) is 30.6 Å². The van der Waals surface area contributed by atoms with Crippen LogP contribution in [0.3, 0.4) is 0 Å². The highest BCUT2D eigenvalue weighted by Gasteiger charge is 2.32. The first-order valence-electron chi connectivity index (χ1n) is 11.8. The third kappa shape index (κ3) is 5.48. The predicted molar refractivity (Wildman–Crippen MR) is 139 cm³/mol. The minimum Gasteiger partial charge on any atom is -0.369 e. The molecule has 1 aliphatic heterocycles. The van der Waals surface area contributed by atoms with Crippen LogP contribution in [0.2, 0.25) is 0 Å². The molecule has 0 aliphatic carbocycles. The Morgan fingerprint density at radius 3 is 2.37 bits per heavy atom. The SMILES string of the molecule is Nc1nc2cc(C(F)(F)F)cc(/C=C/c3cnc(Nc4ccc(S(=O)(=O)C5CCNCC5)cc4)nc3)c2[nH]1. The van der Waals surface area contributed by atoms with Crippen molar-refractivity contribution in [1.82, 2.24) is 25.3 Å². The molecule has 198 valence electrons. The smallest absolute Gasteiger partial charge is 0.369 e. The molecule has 1 fully saturated rings. The van der Waals surface area contributed by atoms with Crippen molar-refractivity contribution in [2.45, 2.75) is 29.2 Å². The number of nitrogens with two attached hydrogens (primary N) is 1. The maximum atomic E-state index is 13.3. The molecule has 4 aromatic rings. The lowest BCUT2D eigenvalue weighted by Gasteiger charge is -2.22. The highest BCUT2D eigenvalue weighted by molar-refractivity contribution is 7.92. The van der Waals surface area contributed by atoms with Gasteiger partial charge in [-0.05, 0) is 62.3 Å². The second-order valence-electron chi connectivity index (χ2n) is 8.90. The summed E-state index contributed by atoms with van der Waals surface area (Å²) in [6.07, 6.45) is 2.74. The van der Waals surface area contributed by atoms with E-state index >= 15 is 0 Å². The number of nitrogens with one attached hydrogen (secondary N) is 3. The Labute approximate surface area is 216 Å². The van der Waals surface area contributed by atoms with E-state index in [-0.39, 0.29) is 33.1 Å². The Hall–Kier alpha value is -3.97. The van der Waals surface area contributed by atoms with Crippen LogP contribution in [0.15, 0.2) is 53.7 Å². The Bertz CT molecular complexity index is 1580. The number of fused-ring (bicyclic) bond motifs is 1. The average molecular weight is 544 g/mol. The van der Waals surface area contributed by atoms with Crippen LogP contribution in [0.1, 0.15) is 29.5 Å². The van der Waals surface area contributed by atoms with Gasteiger partial charge < -0.3 is 21.4 Å². The van der Waals surface area contributed by atoms with Gasteiger partial charge in [0, 0.05) is 29.2 Å². The van der Waals surface area contributed by atoms with Gasteiger partial charge in [0.1, 0.15) is 0 Å². The molecule has 2 aromatic carbocycles. The normalized spacial score (nSPS) is 15.3. The lowest BCUT2D eigenvalue weighted by atomic mass is 10.1. The second-order valence-corrected chi connectivity index (χ2v) is 11.1. The van der Waals surface area contributed by atoms with Gasteiger partial charge in [0.25, 0.3) is 0 Å². The highest BCUT2D eigenvalue weighted by Crippen LogP contribution is 2.33. The number of piperidine rings is 1. The van der Waals surface area contributed by atoms with Gasteiger partial charge in [-0.25, -0.2) is 23.4 Å². The lowest BCUT2D eigenvalue weighted by molar-refractivity contribution is -0.137. The number of nitrogen functional groups attached to an aromatic ring is 1. The molecule has 0 atom stereocenters. The Morgan fingerprint density at radius 2 is 1.71 bits per heavy atom. The summed E-state index contributed by atoms with van der Waals surface area (Å²) in [6.45, 7) is 1.38. The number of aromatic amines is 1. The van der Waals surface area contributed by atoms with Crippen LogP contribution in [0.5, 0.6) is 0 Å². The van der Waals surface area contributed by atoms with E-state index in [9.17, 15) is 21.6 Å². The molecular formula is C25H24F3N7O2S. The fourth-order valence-electron chi connectivity index (χ4n) is 4.28. The summed E-state index contributed by atoms with van der Waals surface area (Å²) in [4.78, 5) is 15.4. The Balaban J connectivity index is 1.29. The molecule has 1 aliphatic rings. The number of imidazole rings is 1. The minimum absolute atomic E-state index is 0.0182. The van der Waals surface area contributed by atoms with Crippen molar-refractivity contribution in [3.05, 3.63) is 65.5 Å². The van der Waals surface area contributed by atoms with Crippen molar-refractivity contribution < 1.29 is 21.6 Å². The first kappa shape index (κ1) is 25.7. The van der Waals surface area contributed by atoms with Crippen LogP contribution in [-0.2, 0) is 16.0 Å². The van der Waals surface area contributed by atoms with Crippen LogP contribution in [0.4, 0.5) is 30.8 Å². The zero-order valence-electron chi connectivity index (χ0n) is 20.0. The summed E-state index contributed by atoms with van der Waals surface area (Å²) in [5.41, 5.74) is 6.73. The van der Waals surface area contributed by atoms with Crippen molar-refractivity contribution in [3.8, 4) is 0 Å². The van der Waals surface area contributed by atoms with Crippen LogP contribution in [0, 0.1) is 0 Å². The number of aromatic nitrogens is 4. The van der Waals surface area contributed by atoms with Gasteiger partial charge in [-0.2, -0.15) is 13.2 Å². The number of H-pyrrole nitrogens is 1.